The molecule has 4 nitrogen and oxygen atoms in total. The second-order valence-electron chi connectivity index (χ2n) is 4.26. The van der Waals surface area contributed by atoms with Crippen molar-refractivity contribution in [1.29, 1.82) is 0 Å². The van der Waals surface area contributed by atoms with E-state index in [0.29, 0.717) is 19.6 Å². The van der Waals surface area contributed by atoms with Gasteiger partial charge in [0.25, 0.3) is 0 Å². The molecule has 0 radical (unpaired) electrons. The van der Waals surface area contributed by atoms with Gasteiger partial charge in [-0.2, -0.15) is 0 Å². The summed E-state index contributed by atoms with van der Waals surface area (Å²) in [6.45, 7) is 1.27. The normalized spacial score (nSPS) is 23.8. The first-order chi connectivity index (χ1) is 8.25. The van der Waals surface area contributed by atoms with Crippen molar-refractivity contribution in [3.05, 3.63) is 35.9 Å². The minimum Gasteiger partial charge on any atom is -0.480 e. The number of carboxylic acid groups (broad SMARTS) is 1. The predicted octanol–water partition coefficient (Wildman–Crippen LogP) is 1.06. The number of carboxylic acids is 1. The largest absolute Gasteiger partial charge is 0.480 e. The number of hydrogen-bond acceptors (Lipinski definition) is 3. The number of ether oxygens (including phenoxy) is 1. The number of aliphatic carboxylic acids is 1. The molecule has 92 valence electrons. The molecular weight excluding hydrogens is 218 g/mol. The molecule has 2 atom stereocenters. The summed E-state index contributed by atoms with van der Waals surface area (Å²) < 4.78 is 5.66. The van der Waals surface area contributed by atoms with Crippen molar-refractivity contribution in [1.82, 2.24) is 5.32 Å². The molecule has 17 heavy (non-hydrogen) atoms. The Labute approximate surface area is 101 Å². The van der Waals surface area contributed by atoms with Gasteiger partial charge >= 0.3 is 5.97 Å². The summed E-state index contributed by atoms with van der Waals surface area (Å²) in [6, 6.07) is 9.69. The maximum absolute atomic E-state index is 10.7. The van der Waals surface area contributed by atoms with Gasteiger partial charge in [0, 0.05) is 13.0 Å². The lowest BCUT2D eigenvalue weighted by Crippen LogP contribution is -2.29. The fourth-order valence-corrected chi connectivity index (χ4v) is 2.01. The lowest BCUT2D eigenvalue weighted by molar-refractivity contribution is -0.139. The summed E-state index contributed by atoms with van der Waals surface area (Å²) >= 11 is 0. The zero-order valence-corrected chi connectivity index (χ0v) is 9.63. The molecule has 0 saturated carbocycles. The van der Waals surface area contributed by atoms with Gasteiger partial charge in [-0.15, -0.1) is 0 Å². The van der Waals surface area contributed by atoms with Gasteiger partial charge in [-0.3, -0.25) is 4.79 Å². The fraction of sp³-hybridized carbons (Fsp3) is 0.462. The van der Waals surface area contributed by atoms with E-state index < -0.39 is 12.0 Å². The van der Waals surface area contributed by atoms with E-state index in [9.17, 15) is 4.79 Å². The average molecular weight is 235 g/mol. The molecule has 2 N–H and O–H groups in total. The number of hydrogen-bond donors (Lipinski definition) is 2. The molecular formula is C13H17NO3. The molecule has 1 aliphatic heterocycles. The van der Waals surface area contributed by atoms with Gasteiger partial charge in [0.2, 0.25) is 0 Å². The molecule has 1 saturated heterocycles. The van der Waals surface area contributed by atoms with Crippen LogP contribution < -0.4 is 5.32 Å². The first kappa shape index (κ1) is 12.1. The Balaban J connectivity index is 1.68. The number of nitrogens with one attached hydrogen (secondary N) is 1. The second-order valence-corrected chi connectivity index (χ2v) is 4.26. The van der Waals surface area contributed by atoms with Gasteiger partial charge in [0.15, 0.2) is 0 Å². The van der Waals surface area contributed by atoms with Gasteiger partial charge in [0.05, 0.1) is 12.7 Å². The van der Waals surface area contributed by atoms with Crippen LogP contribution in [0.2, 0.25) is 0 Å². The predicted molar refractivity (Wildman–Crippen MR) is 63.9 cm³/mol. The highest BCUT2D eigenvalue weighted by atomic mass is 16.5. The van der Waals surface area contributed by atoms with Gasteiger partial charge in [0.1, 0.15) is 6.04 Å². The molecule has 0 spiro atoms. The van der Waals surface area contributed by atoms with E-state index in [4.69, 9.17) is 9.84 Å². The number of benzene rings is 1. The Hall–Kier alpha value is -1.39. The highest BCUT2D eigenvalue weighted by Gasteiger charge is 2.29. The molecule has 0 amide bonds. The Kier molecular flexibility index (Phi) is 4.12. The summed E-state index contributed by atoms with van der Waals surface area (Å²) in [5.74, 6) is -0.792. The molecule has 1 heterocycles. The standard InChI is InChI=1S/C13H17NO3/c15-13(16)12-8-11(9-14-12)17-7-6-10-4-2-1-3-5-10/h1-5,11-12,14H,6-9H2,(H,15,16)/t11?,12-/m0/s1. The van der Waals surface area contributed by atoms with Crippen LogP contribution in [0.5, 0.6) is 0 Å². The maximum Gasteiger partial charge on any atom is 0.320 e. The van der Waals surface area contributed by atoms with Crippen LogP contribution in [0, 0.1) is 0 Å². The maximum atomic E-state index is 10.7. The van der Waals surface area contributed by atoms with E-state index in [1.165, 1.54) is 5.56 Å². The van der Waals surface area contributed by atoms with Crippen LogP contribution in [-0.4, -0.2) is 36.4 Å². The molecule has 2 rings (SSSR count). The molecule has 1 aromatic carbocycles. The highest BCUT2D eigenvalue weighted by Crippen LogP contribution is 2.11. The molecule has 4 heteroatoms. The van der Waals surface area contributed by atoms with E-state index in [0.717, 1.165) is 6.42 Å². The van der Waals surface area contributed by atoms with Crippen molar-refractivity contribution >= 4 is 5.97 Å². The molecule has 1 aromatic rings. The third-order valence-corrected chi connectivity index (χ3v) is 2.98. The molecule has 0 aliphatic carbocycles. The minimum atomic E-state index is -0.792. The quantitative estimate of drug-likeness (QED) is 0.801. The SMILES string of the molecule is O=C(O)[C@@H]1CC(OCCc2ccccc2)CN1. The zero-order chi connectivity index (χ0) is 12.1. The van der Waals surface area contributed by atoms with Crippen LogP contribution in [0.25, 0.3) is 0 Å². The van der Waals surface area contributed by atoms with Gasteiger partial charge in [-0.25, -0.2) is 0 Å². The summed E-state index contributed by atoms with van der Waals surface area (Å²) in [7, 11) is 0. The van der Waals surface area contributed by atoms with Crippen molar-refractivity contribution < 1.29 is 14.6 Å². The smallest absolute Gasteiger partial charge is 0.320 e. The zero-order valence-electron chi connectivity index (χ0n) is 9.63. The van der Waals surface area contributed by atoms with Crippen molar-refractivity contribution in [3.63, 3.8) is 0 Å². The lowest BCUT2D eigenvalue weighted by atomic mass is 10.1. The molecule has 1 unspecified atom stereocenters. The van der Waals surface area contributed by atoms with E-state index in [1.807, 2.05) is 18.2 Å². The topological polar surface area (TPSA) is 58.6 Å². The molecule has 0 bridgehead atoms. The Bertz CT molecular complexity index is 366. The van der Waals surface area contributed by atoms with Crippen LogP contribution >= 0.6 is 0 Å². The number of rotatable bonds is 5. The summed E-state index contributed by atoms with van der Waals surface area (Å²) in [4.78, 5) is 10.7. The van der Waals surface area contributed by atoms with Crippen LogP contribution in [0.3, 0.4) is 0 Å². The summed E-state index contributed by atoms with van der Waals surface area (Å²) in [5.41, 5.74) is 1.24. The minimum absolute atomic E-state index is 0.0276. The van der Waals surface area contributed by atoms with Crippen molar-refractivity contribution in [2.45, 2.75) is 25.0 Å². The van der Waals surface area contributed by atoms with Crippen LogP contribution in [0.1, 0.15) is 12.0 Å². The third kappa shape index (κ3) is 3.54. The van der Waals surface area contributed by atoms with Crippen molar-refractivity contribution in [2.75, 3.05) is 13.2 Å². The van der Waals surface area contributed by atoms with Crippen molar-refractivity contribution in [3.8, 4) is 0 Å². The fourth-order valence-electron chi connectivity index (χ4n) is 2.01. The first-order valence-corrected chi connectivity index (χ1v) is 5.87. The average Bonchev–Trinajstić information content (AvgIpc) is 2.79. The van der Waals surface area contributed by atoms with E-state index in [2.05, 4.69) is 17.4 Å². The van der Waals surface area contributed by atoms with Crippen LogP contribution in [-0.2, 0) is 16.0 Å². The monoisotopic (exact) mass is 235 g/mol. The molecule has 1 fully saturated rings. The highest BCUT2D eigenvalue weighted by molar-refractivity contribution is 5.73. The van der Waals surface area contributed by atoms with Crippen molar-refractivity contribution in [2.24, 2.45) is 0 Å². The summed E-state index contributed by atoms with van der Waals surface area (Å²) in [5, 5.41) is 11.7. The Morgan fingerprint density at radius 2 is 2.18 bits per heavy atom. The van der Waals surface area contributed by atoms with E-state index in [-0.39, 0.29) is 6.10 Å². The number of carbonyl (C=O) groups is 1. The van der Waals surface area contributed by atoms with E-state index >= 15 is 0 Å². The van der Waals surface area contributed by atoms with Gasteiger partial charge in [-0.1, -0.05) is 30.3 Å². The lowest BCUT2D eigenvalue weighted by Gasteiger charge is -2.10. The van der Waals surface area contributed by atoms with Crippen LogP contribution in [0.4, 0.5) is 0 Å². The van der Waals surface area contributed by atoms with E-state index in [1.54, 1.807) is 0 Å². The van der Waals surface area contributed by atoms with Gasteiger partial charge < -0.3 is 15.2 Å². The third-order valence-electron chi connectivity index (χ3n) is 2.98. The van der Waals surface area contributed by atoms with Crippen LogP contribution in [0.15, 0.2) is 30.3 Å². The Morgan fingerprint density at radius 3 is 2.82 bits per heavy atom. The Morgan fingerprint density at radius 1 is 1.41 bits per heavy atom. The molecule has 1 aliphatic rings. The summed E-state index contributed by atoms with van der Waals surface area (Å²) in [6.07, 6.45) is 1.46. The second kappa shape index (κ2) is 5.80. The molecule has 0 aromatic heterocycles. The first-order valence-electron chi connectivity index (χ1n) is 5.87. The van der Waals surface area contributed by atoms with Gasteiger partial charge in [-0.05, 0) is 12.0 Å².